The van der Waals surface area contributed by atoms with E-state index >= 15 is 0 Å². The third kappa shape index (κ3) is 4.35. The summed E-state index contributed by atoms with van der Waals surface area (Å²) in [5.74, 6) is -0.234. The Morgan fingerprint density at radius 2 is 1.85 bits per heavy atom. The minimum atomic E-state index is -3.80. The lowest BCUT2D eigenvalue weighted by molar-refractivity contribution is 0.0767. The van der Waals surface area contributed by atoms with E-state index in [0.29, 0.717) is 24.7 Å². The molecule has 1 aliphatic rings. The fraction of sp³-hybridized carbons (Fsp3) is 0.278. The van der Waals surface area contributed by atoms with Crippen molar-refractivity contribution in [3.05, 3.63) is 59.1 Å². The van der Waals surface area contributed by atoms with Crippen LogP contribution in [0.4, 0.5) is 5.69 Å². The van der Waals surface area contributed by atoms with Gasteiger partial charge in [0.25, 0.3) is 15.9 Å². The first kappa shape index (κ1) is 18.7. The molecular weight excluding hydrogens is 374 g/mol. The Morgan fingerprint density at radius 1 is 1.08 bits per heavy atom. The van der Waals surface area contributed by atoms with E-state index in [9.17, 15) is 13.2 Å². The molecule has 0 spiro atoms. The highest BCUT2D eigenvalue weighted by atomic mass is 35.5. The van der Waals surface area contributed by atoms with Gasteiger partial charge in [-0.15, -0.1) is 0 Å². The van der Waals surface area contributed by atoms with Crippen LogP contribution in [0, 0.1) is 0 Å². The van der Waals surface area contributed by atoms with Gasteiger partial charge in [-0.2, -0.15) is 0 Å². The maximum atomic E-state index is 13.0. The maximum Gasteiger partial charge on any atom is 0.261 e. The van der Waals surface area contributed by atoms with Gasteiger partial charge >= 0.3 is 0 Å². The van der Waals surface area contributed by atoms with Gasteiger partial charge < -0.3 is 10.2 Å². The standard InChI is InChI=1S/C18H20ClN3O3S/c19-14-7-8-17(21-26(24,25)15-5-2-1-3-6-15)16(13-14)18(23)22-11-4-9-20-10-12-22/h1-3,5-8,13,20-21H,4,9-12H2. The lowest BCUT2D eigenvalue weighted by Crippen LogP contribution is -2.34. The molecule has 0 unspecified atom stereocenters. The van der Waals surface area contributed by atoms with Crippen LogP contribution < -0.4 is 10.0 Å². The largest absolute Gasteiger partial charge is 0.337 e. The van der Waals surface area contributed by atoms with E-state index in [1.165, 1.54) is 24.3 Å². The number of hydrogen-bond acceptors (Lipinski definition) is 4. The van der Waals surface area contributed by atoms with Crippen molar-refractivity contribution < 1.29 is 13.2 Å². The second-order valence-corrected chi connectivity index (χ2v) is 8.12. The maximum absolute atomic E-state index is 13.0. The lowest BCUT2D eigenvalue weighted by atomic mass is 10.1. The molecule has 1 heterocycles. The fourth-order valence-electron chi connectivity index (χ4n) is 2.80. The van der Waals surface area contributed by atoms with Gasteiger partial charge in [0.1, 0.15) is 0 Å². The van der Waals surface area contributed by atoms with E-state index in [1.54, 1.807) is 29.2 Å². The quantitative estimate of drug-likeness (QED) is 0.836. The van der Waals surface area contributed by atoms with Crippen molar-refractivity contribution in [1.29, 1.82) is 0 Å². The summed E-state index contributed by atoms with van der Waals surface area (Å²) in [6.45, 7) is 2.74. The average molecular weight is 394 g/mol. The molecule has 26 heavy (non-hydrogen) atoms. The van der Waals surface area contributed by atoms with E-state index in [4.69, 9.17) is 11.6 Å². The highest BCUT2D eigenvalue weighted by Crippen LogP contribution is 2.25. The number of sulfonamides is 1. The first-order chi connectivity index (χ1) is 12.5. The third-order valence-electron chi connectivity index (χ3n) is 4.14. The van der Waals surface area contributed by atoms with Crippen LogP contribution in [0.5, 0.6) is 0 Å². The second kappa shape index (κ2) is 8.07. The molecule has 0 atom stereocenters. The van der Waals surface area contributed by atoms with Crippen molar-refractivity contribution >= 4 is 33.2 Å². The molecule has 0 aliphatic carbocycles. The molecule has 1 aliphatic heterocycles. The van der Waals surface area contributed by atoms with Crippen molar-refractivity contribution in [2.45, 2.75) is 11.3 Å². The summed E-state index contributed by atoms with van der Waals surface area (Å²) in [5.41, 5.74) is 0.472. The van der Waals surface area contributed by atoms with E-state index in [1.807, 2.05) is 0 Å². The van der Waals surface area contributed by atoms with Crippen LogP contribution in [0.2, 0.25) is 5.02 Å². The molecule has 3 rings (SSSR count). The molecule has 138 valence electrons. The Labute approximate surface area is 158 Å². The Morgan fingerprint density at radius 3 is 2.62 bits per heavy atom. The first-order valence-corrected chi connectivity index (χ1v) is 10.2. The summed E-state index contributed by atoms with van der Waals surface area (Å²) in [4.78, 5) is 14.8. The van der Waals surface area contributed by atoms with Crippen molar-refractivity contribution in [2.75, 3.05) is 30.9 Å². The molecule has 8 heteroatoms. The van der Waals surface area contributed by atoms with E-state index in [0.717, 1.165) is 13.0 Å². The zero-order chi connectivity index (χ0) is 18.6. The highest BCUT2D eigenvalue weighted by Gasteiger charge is 2.23. The number of carbonyl (C=O) groups is 1. The number of halogens is 1. The van der Waals surface area contributed by atoms with E-state index in [2.05, 4.69) is 10.0 Å². The van der Waals surface area contributed by atoms with Gasteiger partial charge in [0, 0.05) is 24.7 Å². The number of rotatable bonds is 4. The topological polar surface area (TPSA) is 78.5 Å². The molecule has 0 radical (unpaired) electrons. The van der Waals surface area contributed by atoms with Gasteiger partial charge in [0.15, 0.2) is 0 Å². The molecule has 0 aromatic heterocycles. The molecule has 1 fully saturated rings. The first-order valence-electron chi connectivity index (χ1n) is 8.35. The van der Waals surface area contributed by atoms with Crippen molar-refractivity contribution in [1.82, 2.24) is 10.2 Å². The Kier molecular flexibility index (Phi) is 5.80. The van der Waals surface area contributed by atoms with Crippen LogP contribution >= 0.6 is 11.6 Å². The van der Waals surface area contributed by atoms with Crippen LogP contribution in [0.1, 0.15) is 16.8 Å². The second-order valence-electron chi connectivity index (χ2n) is 6.00. The van der Waals surface area contributed by atoms with Crippen LogP contribution in [0.15, 0.2) is 53.4 Å². The van der Waals surface area contributed by atoms with Crippen LogP contribution in [-0.2, 0) is 10.0 Å². The molecule has 2 aromatic carbocycles. The minimum Gasteiger partial charge on any atom is -0.337 e. The number of amides is 1. The predicted molar refractivity (Wildman–Crippen MR) is 102 cm³/mol. The lowest BCUT2D eigenvalue weighted by Gasteiger charge is -2.22. The summed E-state index contributed by atoms with van der Waals surface area (Å²) in [5, 5.41) is 3.62. The monoisotopic (exact) mass is 393 g/mol. The van der Waals surface area contributed by atoms with E-state index < -0.39 is 10.0 Å². The van der Waals surface area contributed by atoms with Gasteiger partial charge in [0.2, 0.25) is 0 Å². The van der Waals surface area contributed by atoms with Gasteiger partial charge in [-0.3, -0.25) is 9.52 Å². The summed E-state index contributed by atoms with van der Waals surface area (Å²) in [6.07, 6.45) is 0.845. The van der Waals surface area contributed by atoms with Gasteiger partial charge in [-0.1, -0.05) is 29.8 Å². The van der Waals surface area contributed by atoms with E-state index in [-0.39, 0.29) is 22.1 Å². The summed E-state index contributed by atoms with van der Waals surface area (Å²) < 4.78 is 27.7. The van der Waals surface area contributed by atoms with Gasteiger partial charge in [-0.25, -0.2) is 8.42 Å². The highest BCUT2D eigenvalue weighted by molar-refractivity contribution is 7.92. The number of nitrogens with one attached hydrogen (secondary N) is 2. The smallest absolute Gasteiger partial charge is 0.261 e. The number of hydrogen-bond donors (Lipinski definition) is 2. The van der Waals surface area contributed by atoms with Crippen molar-refractivity contribution in [3.8, 4) is 0 Å². The number of nitrogens with zero attached hydrogens (tertiary/aromatic N) is 1. The number of anilines is 1. The zero-order valence-electron chi connectivity index (χ0n) is 14.1. The summed E-state index contributed by atoms with van der Waals surface area (Å²) >= 11 is 6.06. The van der Waals surface area contributed by atoms with Crippen molar-refractivity contribution in [2.24, 2.45) is 0 Å². The molecule has 0 bridgehead atoms. The van der Waals surface area contributed by atoms with Crippen LogP contribution in [-0.4, -0.2) is 45.4 Å². The molecule has 1 saturated heterocycles. The van der Waals surface area contributed by atoms with Gasteiger partial charge in [-0.05, 0) is 43.3 Å². The van der Waals surface area contributed by atoms with Gasteiger partial charge in [0.05, 0.1) is 16.1 Å². The SMILES string of the molecule is O=C(c1cc(Cl)ccc1NS(=O)(=O)c1ccccc1)N1CCCNCC1. The summed E-state index contributed by atoms with van der Waals surface area (Å²) in [6, 6.07) is 12.6. The zero-order valence-corrected chi connectivity index (χ0v) is 15.7. The molecule has 2 aromatic rings. The summed E-state index contributed by atoms with van der Waals surface area (Å²) in [7, 11) is -3.80. The third-order valence-corrected chi connectivity index (χ3v) is 5.75. The van der Waals surface area contributed by atoms with Crippen LogP contribution in [0.25, 0.3) is 0 Å². The van der Waals surface area contributed by atoms with Crippen LogP contribution in [0.3, 0.4) is 0 Å². The number of carbonyl (C=O) groups excluding carboxylic acids is 1. The fourth-order valence-corrected chi connectivity index (χ4v) is 4.08. The molecule has 6 nitrogen and oxygen atoms in total. The Hall–Kier alpha value is -2.09. The minimum absolute atomic E-state index is 0.132. The Bertz CT molecular complexity index is 880. The predicted octanol–water partition coefficient (Wildman–Crippen LogP) is 2.58. The molecule has 0 saturated carbocycles. The van der Waals surface area contributed by atoms with Crippen molar-refractivity contribution in [3.63, 3.8) is 0 Å². The normalized spacial score (nSPS) is 15.3. The molecule has 1 amide bonds. The number of benzene rings is 2. The Balaban J connectivity index is 1.92. The average Bonchev–Trinajstić information content (AvgIpc) is 2.93. The molecule has 2 N–H and O–H groups in total. The molecular formula is C18H20ClN3O3S.